The first kappa shape index (κ1) is 12.4. The molecule has 0 radical (unpaired) electrons. The first-order valence-corrected chi connectivity index (χ1v) is 4.71. The molecule has 0 saturated carbocycles. The zero-order valence-corrected chi connectivity index (χ0v) is 8.02. The summed E-state index contributed by atoms with van der Waals surface area (Å²) in [5, 5.41) is 0. The third-order valence-electron chi connectivity index (χ3n) is 2.46. The van der Waals surface area contributed by atoms with E-state index in [0.29, 0.717) is 26.1 Å². The van der Waals surface area contributed by atoms with Gasteiger partial charge in [-0.05, 0) is 18.8 Å². The van der Waals surface area contributed by atoms with Gasteiger partial charge in [-0.2, -0.15) is 8.78 Å². The summed E-state index contributed by atoms with van der Waals surface area (Å²) in [5.74, 6) is -6.42. The first-order valence-electron chi connectivity index (χ1n) is 4.71. The lowest BCUT2D eigenvalue weighted by molar-refractivity contribution is -0.168. The second-order valence-corrected chi connectivity index (χ2v) is 3.61. The lowest BCUT2D eigenvalue weighted by Gasteiger charge is -2.23. The van der Waals surface area contributed by atoms with Crippen LogP contribution in [-0.2, 0) is 9.53 Å². The predicted octanol–water partition coefficient (Wildman–Crippen LogP) is 2.27. The summed E-state index contributed by atoms with van der Waals surface area (Å²) in [4.78, 5) is 10.9. The molecule has 1 heterocycles. The van der Waals surface area contributed by atoms with Crippen molar-refractivity contribution in [1.82, 2.24) is 0 Å². The van der Waals surface area contributed by atoms with Crippen LogP contribution in [0.25, 0.3) is 0 Å². The predicted molar refractivity (Wildman–Crippen MR) is 44.1 cm³/mol. The lowest BCUT2D eigenvalue weighted by Crippen LogP contribution is -2.38. The molecule has 0 bridgehead atoms. The molecule has 1 rings (SSSR count). The van der Waals surface area contributed by atoms with Gasteiger partial charge in [-0.15, -0.1) is 0 Å². The molecule has 0 amide bonds. The summed E-state index contributed by atoms with van der Waals surface area (Å²) in [6.07, 6.45) is -3.44. The van der Waals surface area contributed by atoms with Crippen molar-refractivity contribution in [3.8, 4) is 0 Å². The van der Waals surface area contributed by atoms with E-state index in [4.69, 9.17) is 4.74 Å². The van der Waals surface area contributed by atoms with Crippen molar-refractivity contribution in [2.24, 2.45) is 5.92 Å². The van der Waals surface area contributed by atoms with Crippen LogP contribution in [0.2, 0.25) is 0 Å². The Bertz CT molecular complexity index is 224. The SMILES string of the molecule is O=C(CC1CCOCC1)C(F)(F)C(F)F. The minimum atomic E-state index is -4.50. The Morgan fingerprint density at radius 1 is 1.33 bits per heavy atom. The number of ether oxygens (including phenoxy) is 1. The van der Waals surface area contributed by atoms with Gasteiger partial charge < -0.3 is 4.74 Å². The summed E-state index contributed by atoms with van der Waals surface area (Å²) in [6, 6.07) is 0. The third kappa shape index (κ3) is 3.15. The Labute approximate surface area is 84.6 Å². The van der Waals surface area contributed by atoms with Gasteiger partial charge >= 0.3 is 12.3 Å². The van der Waals surface area contributed by atoms with Gasteiger partial charge in [-0.3, -0.25) is 4.79 Å². The molecule has 1 aliphatic rings. The van der Waals surface area contributed by atoms with E-state index < -0.39 is 24.6 Å². The Morgan fingerprint density at radius 2 is 1.87 bits per heavy atom. The van der Waals surface area contributed by atoms with E-state index in [-0.39, 0.29) is 5.92 Å². The Kier molecular flexibility index (Phi) is 4.07. The summed E-state index contributed by atoms with van der Waals surface area (Å²) in [6.45, 7) is 0.802. The largest absolute Gasteiger partial charge is 0.381 e. The van der Waals surface area contributed by atoms with Gasteiger partial charge in [0.05, 0.1) is 0 Å². The molecule has 0 atom stereocenters. The average Bonchev–Trinajstić information content (AvgIpc) is 2.18. The van der Waals surface area contributed by atoms with Gasteiger partial charge in [0, 0.05) is 19.6 Å². The highest BCUT2D eigenvalue weighted by molar-refractivity contribution is 5.86. The van der Waals surface area contributed by atoms with E-state index >= 15 is 0 Å². The minimum Gasteiger partial charge on any atom is -0.381 e. The number of hydrogen-bond donors (Lipinski definition) is 0. The Hall–Kier alpha value is -0.650. The van der Waals surface area contributed by atoms with Crippen LogP contribution in [0.4, 0.5) is 17.6 Å². The zero-order valence-electron chi connectivity index (χ0n) is 8.02. The summed E-state index contributed by atoms with van der Waals surface area (Å²) in [5.41, 5.74) is 0. The van der Waals surface area contributed by atoms with Crippen molar-refractivity contribution < 1.29 is 27.1 Å². The van der Waals surface area contributed by atoms with E-state index in [1.54, 1.807) is 0 Å². The van der Waals surface area contributed by atoms with Crippen LogP contribution in [0.15, 0.2) is 0 Å². The van der Waals surface area contributed by atoms with Crippen molar-refractivity contribution in [3.63, 3.8) is 0 Å². The number of hydrogen-bond acceptors (Lipinski definition) is 2. The van der Waals surface area contributed by atoms with Gasteiger partial charge in [-0.25, -0.2) is 8.78 Å². The number of ketones is 1. The molecule has 1 aliphatic heterocycles. The van der Waals surface area contributed by atoms with E-state index in [0.717, 1.165) is 0 Å². The highest BCUT2D eigenvalue weighted by Gasteiger charge is 2.48. The van der Waals surface area contributed by atoms with Gasteiger partial charge in [0.2, 0.25) is 5.78 Å². The molecule has 0 unspecified atom stereocenters. The molecule has 88 valence electrons. The molecule has 0 aromatic rings. The van der Waals surface area contributed by atoms with Crippen molar-refractivity contribution in [2.45, 2.75) is 31.6 Å². The van der Waals surface area contributed by atoms with E-state index in [9.17, 15) is 22.4 Å². The molecule has 1 fully saturated rings. The van der Waals surface area contributed by atoms with Gasteiger partial charge in [0.25, 0.3) is 0 Å². The van der Waals surface area contributed by atoms with E-state index in [2.05, 4.69) is 0 Å². The highest BCUT2D eigenvalue weighted by Crippen LogP contribution is 2.29. The molecule has 0 aliphatic carbocycles. The average molecular weight is 228 g/mol. The number of alkyl halides is 4. The van der Waals surface area contributed by atoms with Crippen molar-refractivity contribution in [3.05, 3.63) is 0 Å². The summed E-state index contributed by atoms with van der Waals surface area (Å²) in [7, 11) is 0. The van der Waals surface area contributed by atoms with E-state index in [1.807, 2.05) is 0 Å². The van der Waals surface area contributed by atoms with Crippen LogP contribution in [-0.4, -0.2) is 31.3 Å². The molecular formula is C9H12F4O2. The van der Waals surface area contributed by atoms with Gasteiger partial charge in [0.15, 0.2) is 0 Å². The van der Waals surface area contributed by atoms with E-state index in [1.165, 1.54) is 0 Å². The maximum absolute atomic E-state index is 12.6. The fourth-order valence-corrected chi connectivity index (χ4v) is 1.47. The molecule has 15 heavy (non-hydrogen) atoms. The molecular weight excluding hydrogens is 216 g/mol. The maximum atomic E-state index is 12.6. The Morgan fingerprint density at radius 3 is 2.33 bits per heavy atom. The second-order valence-electron chi connectivity index (χ2n) is 3.61. The summed E-state index contributed by atoms with van der Waals surface area (Å²) >= 11 is 0. The number of Topliss-reactive ketones (excluding diaryl/α,β-unsaturated/α-hetero) is 1. The smallest absolute Gasteiger partial charge is 0.364 e. The fraction of sp³-hybridized carbons (Fsp3) is 0.889. The van der Waals surface area contributed by atoms with Crippen LogP contribution < -0.4 is 0 Å². The van der Waals surface area contributed by atoms with Crippen LogP contribution in [0.5, 0.6) is 0 Å². The lowest BCUT2D eigenvalue weighted by atomic mass is 9.92. The number of carbonyl (C=O) groups is 1. The quantitative estimate of drug-likeness (QED) is 0.690. The standard InChI is InChI=1S/C9H12F4O2/c10-8(11)9(12,13)7(14)5-6-1-3-15-4-2-6/h6,8H,1-5H2. The Balaban J connectivity index is 2.46. The van der Waals surface area contributed by atoms with Crippen molar-refractivity contribution in [2.75, 3.05) is 13.2 Å². The fourth-order valence-electron chi connectivity index (χ4n) is 1.47. The number of carbonyl (C=O) groups excluding carboxylic acids is 1. The summed E-state index contributed by atoms with van der Waals surface area (Å²) < 4.78 is 53.7. The third-order valence-corrected chi connectivity index (χ3v) is 2.46. The monoisotopic (exact) mass is 228 g/mol. The normalized spacial score (nSPS) is 19.5. The molecule has 6 heteroatoms. The van der Waals surface area contributed by atoms with Crippen LogP contribution in [0.3, 0.4) is 0 Å². The van der Waals surface area contributed by atoms with Gasteiger partial charge in [-0.1, -0.05) is 0 Å². The maximum Gasteiger partial charge on any atom is 0.364 e. The van der Waals surface area contributed by atoms with Gasteiger partial charge in [0.1, 0.15) is 0 Å². The van der Waals surface area contributed by atoms with Crippen LogP contribution in [0, 0.1) is 5.92 Å². The van der Waals surface area contributed by atoms with Crippen molar-refractivity contribution in [1.29, 1.82) is 0 Å². The first-order chi connectivity index (χ1) is 6.94. The second kappa shape index (κ2) is 4.92. The van der Waals surface area contributed by atoms with Crippen LogP contribution >= 0.6 is 0 Å². The molecule has 0 aromatic heterocycles. The minimum absolute atomic E-state index is 0.254. The van der Waals surface area contributed by atoms with Crippen molar-refractivity contribution >= 4 is 5.78 Å². The molecule has 0 N–H and O–H groups in total. The van der Waals surface area contributed by atoms with Crippen LogP contribution in [0.1, 0.15) is 19.3 Å². The molecule has 0 spiro atoms. The topological polar surface area (TPSA) is 26.3 Å². The zero-order chi connectivity index (χ0) is 11.5. The highest BCUT2D eigenvalue weighted by atomic mass is 19.3. The molecule has 1 saturated heterocycles. The number of rotatable bonds is 4. The number of halogens is 4. The molecule has 2 nitrogen and oxygen atoms in total. The molecule has 0 aromatic carbocycles.